The van der Waals surface area contributed by atoms with E-state index in [1.807, 2.05) is 30.3 Å². The van der Waals surface area contributed by atoms with Crippen molar-refractivity contribution in [1.82, 2.24) is 5.32 Å². The maximum absolute atomic E-state index is 11.8. The first-order valence-electron chi connectivity index (χ1n) is 6.81. The van der Waals surface area contributed by atoms with Crippen LogP contribution in [0.25, 0.3) is 0 Å². The Labute approximate surface area is 113 Å². The molecule has 0 unspecified atom stereocenters. The average Bonchev–Trinajstić information content (AvgIpc) is 2.77. The Bertz CT molecular complexity index is 407. The highest BCUT2D eigenvalue weighted by Gasteiger charge is 2.32. The number of benzene rings is 1. The van der Waals surface area contributed by atoms with Gasteiger partial charge in [-0.2, -0.15) is 0 Å². The number of rotatable bonds is 5. The van der Waals surface area contributed by atoms with E-state index in [2.05, 4.69) is 5.32 Å². The molecule has 1 aliphatic carbocycles. The summed E-state index contributed by atoms with van der Waals surface area (Å²) in [4.78, 5) is 11.8. The third-order valence-electron chi connectivity index (χ3n) is 3.74. The zero-order valence-corrected chi connectivity index (χ0v) is 11.0. The summed E-state index contributed by atoms with van der Waals surface area (Å²) in [6, 6.07) is 9.90. The Hall–Kier alpha value is -1.39. The van der Waals surface area contributed by atoms with E-state index < -0.39 is 6.10 Å². The van der Waals surface area contributed by atoms with Crippen molar-refractivity contribution in [3.63, 3.8) is 0 Å². The molecule has 1 aromatic rings. The lowest BCUT2D eigenvalue weighted by Crippen LogP contribution is -2.33. The number of aliphatic hydroxyl groups excluding tert-OH is 2. The summed E-state index contributed by atoms with van der Waals surface area (Å²) in [5.41, 5.74) is 1.15. The van der Waals surface area contributed by atoms with Crippen LogP contribution in [-0.4, -0.2) is 34.9 Å². The van der Waals surface area contributed by atoms with Gasteiger partial charge in [0, 0.05) is 25.0 Å². The molecular weight excluding hydrogens is 242 g/mol. The van der Waals surface area contributed by atoms with Gasteiger partial charge in [0.05, 0.1) is 6.10 Å². The van der Waals surface area contributed by atoms with Crippen LogP contribution in [0, 0.1) is 5.92 Å². The second-order valence-corrected chi connectivity index (χ2v) is 5.23. The highest BCUT2D eigenvalue weighted by molar-refractivity contribution is 5.76. The number of aryl methyl sites for hydroxylation is 1. The predicted molar refractivity (Wildman–Crippen MR) is 72.5 cm³/mol. The SMILES string of the molecule is O=C(CCc1ccccc1)N[C@@H]1C[C@H](CO)[C@H](O)C1. The largest absolute Gasteiger partial charge is 0.396 e. The summed E-state index contributed by atoms with van der Waals surface area (Å²) in [6.07, 6.45) is 1.90. The zero-order chi connectivity index (χ0) is 13.7. The normalized spacial score (nSPS) is 26.3. The smallest absolute Gasteiger partial charge is 0.220 e. The van der Waals surface area contributed by atoms with Gasteiger partial charge in [-0.1, -0.05) is 30.3 Å². The van der Waals surface area contributed by atoms with Gasteiger partial charge in [0.15, 0.2) is 0 Å². The number of hydrogen-bond acceptors (Lipinski definition) is 3. The molecule has 1 aromatic carbocycles. The van der Waals surface area contributed by atoms with Gasteiger partial charge >= 0.3 is 0 Å². The Balaban J connectivity index is 1.73. The summed E-state index contributed by atoms with van der Waals surface area (Å²) in [7, 11) is 0. The van der Waals surface area contributed by atoms with Crippen molar-refractivity contribution in [2.45, 2.75) is 37.8 Å². The molecule has 19 heavy (non-hydrogen) atoms. The van der Waals surface area contributed by atoms with Crippen LogP contribution in [0.2, 0.25) is 0 Å². The third-order valence-corrected chi connectivity index (χ3v) is 3.74. The van der Waals surface area contributed by atoms with Gasteiger partial charge in [-0.05, 0) is 24.8 Å². The lowest BCUT2D eigenvalue weighted by Gasteiger charge is -2.12. The molecule has 0 heterocycles. The average molecular weight is 263 g/mol. The fraction of sp³-hybridized carbons (Fsp3) is 0.533. The Morgan fingerprint density at radius 2 is 2.00 bits per heavy atom. The molecule has 0 radical (unpaired) electrons. The molecule has 1 aliphatic rings. The van der Waals surface area contributed by atoms with Crippen LogP contribution in [0.5, 0.6) is 0 Å². The molecule has 1 fully saturated rings. The van der Waals surface area contributed by atoms with Crippen LogP contribution in [0.4, 0.5) is 0 Å². The second kappa shape index (κ2) is 6.68. The van der Waals surface area contributed by atoms with Crippen LogP contribution >= 0.6 is 0 Å². The van der Waals surface area contributed by atoms with E-state index in [1.165, 1.54) is 0 Å². The van der Waals surface area contributed by atoms with Crippen molar-refractivity contribution in [1.29, 1.82) is 0 Å². The molecule has 2 rings (SSSR count). The van der Waals surface area contributed by atoms with E-state index in [9.17, 15) is 9.90 Å². The molecule has 0 spiro atoms. The number of nitrogens with one attached hydrogen (secondary N) is 1. The second-order valence-electron chi connectivity index (χ2n) is 5.23. The lowest BCUT2D eigenvalue weighted by molar-refractivity contribution is -0.121. The first kappa shape index (κ1) is 14.0. The topological polar surface area (TPSA) is 69.6 Å². The highest BCUT2D eigenvalue weighted by Crippen LogP contribution is 2.25. The summed E-state index contributed by atoms with van der Waals surface area (Å²) in [5.74, 6) is -0.0842. The minimum absolute atomic E-state index is 0.00424. The van der Waals surface area contributed by atoms with E-state index in [1.54, 1.807) is 0 Å². The lowest BCUT2D eigenvalue weighted by atomic mass is 10.1. The molecule has 1 amide bonds. The quantitative estimate of drug-likeness (QED) is 0.738. The van der Waals surface area contributed by atoms with Gasteiger partial charge in [-0.3, -0.25) is 4.79 Å². The summed E-state index contributed by atoms with van der Waals surface area (Å²) in [6.45, 7) is -0.0163. The molecule has 0 bridgehead atoms. The molecule has 3 N–H and O–H groups in total. The number of amides is 1. The van der Waals surface area contributed by atoms with Crippen molar-refractivity contribution in [3.8, 4) is 0 Å². The van der Waals surface area contributed by atoms with Crippen molar-refractivity contribution in [3.05, 3.63) is 35.9 Å². The minimum atomic E-state index is -0.496. The minimum Gasteiger partial charge on any atom is -0.396 e. The fourth-order valence-corrected chi connectivity index (χ4v) is 2.62. The first-order valence-corrected chi connectivity index (χ1v) is 6.81. The Kier molecular flexibility index (Phi) is 4.93. The van der Waals surface area contributed by atoms with E-state index >= 15 is 0 Å². The van der Waals surface area contributed by atoms with Gasteiger partial charge < -0.3 is 15.5 Å². The summed E-state index contributed by atoms with van der Waals surface area (Å²) < 4.78 is 0. The maximum Gasteiger partial charge on any atom is 0.220 e. The van der Waals surface area contributed by atoms with E-state index in [-0.39, 0.29) is 24.5 Å². The van der Waals surface area contributed by atoms with Gasteiger partial charge in [-0.15, -0.1) is 0 Å². The van der Waals surface area contributed by atoms with Crippen molar-refractivity contribution in [2.75, 3.05) is 6.61 Å². The van der Waals surface area contributed by atoms with Crippen molar-refractivity contribution < 1.29 is 15.0 Å². The molecular formula is C15H21NO3. The van der Waals surface area contributed by atoms with Crippen LogP contribution in [0.15, 0.2) is 30.3 Å². The summed E-state index contributed by atoms with van der Waals surface area (Å²) in [5, 5.41) is 21.7. The molecule has 4 nitrogen and oxygen atoms in total. The van der Waals surface area contributed by atoms with Gasteiger partial charge in [0.2, 0.25) is 5.91 Å². The van der Waals surface area contributed by atoms with Crippen LogP contribution in [0.1, 0.15) is 24.8 Å². The van der Waals surface area contributed by atoms with Gasteiger partial charge in [0.1, 0.15) is 0 Å². The molecule has 0 aromatic heterocycles. The van der Waals surface area contributed by atoms with Crippen molar-refractivity contribution >= 4 is 5.91 Å². The standard InChI is InChI=1S/C15H21NO3/c17-10-12-8-13(9-14(12)18)16-15(19)7-6-11-4-2-1-3-5-11/h1-5,12-14,17-18H,6-10H2,(H,16,19)/t12-,13-,14-/m1/s1. The molecule has 0 saturated heterocycles. The molecule has 1 saturated carbocycles. The van der Waals surface area contributed by atoms with Crippen LogP contribution in [-0.2, 0) is 11.2 Å². The number of carbonyl (C=O) groups is 1. The van der Waals surface area contributed by atoms with E-state index in [0.29, 0.717) is 19.3 Å². The maximum atomic E-state index is 11.8. The third kappa shape index (κ3) is 4.04. The number of carbonyl (C=O) groups excluding carboxylic acids is 1. The zero-order valence-electron chi connectivity index (χ0n) is 11.0. The van der Waals surface area contributed by atoms with Gasteiger partial charge in [0.25, 0.3) is 0 Å². The summed E-state index contributed by atoms with van der Waals surface area (Å²) >= 11 is 0. The molecule has 4 heteroatoms. The van der Waals surface area contributed by atoms with Crippen molar-refractivity contribution in [2.24, 2.45) is 5.92 Å². The highest BCUT2D eigenvalue weighted by atomic mass is 16.3. The predicted octanol–water partition coefficient (Wildman–Crippen LogP) is 0.867. The Morgan fingerprint density at radius 1 is 1.26 bits per heavy atom. The van der Waals surface area contributed by atoms with E-state index in [0.717, 1.165) is 12.0 Å². The number of aliphatic hydroxyl groups is 2. The molecule has 0 aliphatic heterocycles. The van der Waals surface area contributed by atoms with Crippen LogP contribution < -0.4 is 5.32 Å². The molecule has 3 atom stereocenters. The van der Waals surface area contributed by atoms with Gasteiger partial charge in [-0.25, -0.2) is 0 Å². The van der Waals surface area contributed by atoms with E-state index in [4.69, 9.17) is 5.11 Å². The monoisotopic (exact) mass is 263 g/mol. The van der Waals surface area contributed by atoms with Crippen LogP contribution in [0.3, 0.4) is 0 Å². The Morgan fingerprint density at radius 3 is 2.63 bits per heavy atom. The fourth-order valence-electron chi connectivity index (χ4n) is 2.62. The first-order chi connectivity index (χ1) is 9.19. The molecule has 104 valence electrons. The number of hydrogen-bond donors (Lipinski definition) is 3.